The second-order valence-corrected chi connectivity index (χ2v) is 7.46. The molecular formula is C18H19F3N2O2S. The summed E-state index contributed by atoms with van der Waals surface area (Å²) in [7, 11) is 0. The number of halogens is 3. The molecule has 1 amide bonds. The fourth-order valence-electron chi connectivity index (χ4n) is 3.17. The van der Waals surface area contributed by atoms with E-state index in [0.29, 0.717) is 23.9 Å². The second-order valence-electron chi connectivity index (χ2n) is 6.38. The lowest BCUT2D eigenvalue weighted by Gasteiger charge is -2.20. The molecule has 2 N–H and O–H groups in total. The molecule has 1 fully saturated rings. The highest BCUT2D eigenvalue weighted by atomic mass is 32.1. The molecule has 0 bridgehead atoms. The molecule has 2 aromatic rings. The number of alkyl halides is 3. The van der Waals surface area contributed by atoms with Crippen molar-refractivity contribution in [2.24, 2.45) is 11.7 Å². The zero-order valence-corrected chi connectivity index (χ0v) is 14.9. The van der Waals surface area contributed by atoms with E-state index in [1.165, 1.54) is 23.5 Å². The van der Waals surface area contributed by atoms with E-state index in [2.05, 4.69) is 4.74 Å². The molecule has 4 nitrogen and oxygen atoms in total. The van der Waals surface area contributed by atoms with Gasteiger partial charge in [0.2, 0.25) is 0 Å². The molecule has 1 aliphatic heterocycles. The minimum absolute atomic E-state index is 0.0262. The molecule has 3 rings (SSSR count). The molecule has 1 saturated heterocycles. The topological polar surface area (TPSA) is 55.6 Å². The lowest BCUT2D eigenvalue weighted by molar-refractivity contribution is -0.274. The standard InChI is InChI=1S/C18H19F3N2O2S/c1-11-8-12(9-22)10-23(11)17(24)16-7-6-15(26-16)13-2-4-14(5-3-13)25-18(19,20)21/h2-7,11-12H,8-10,22H2,1H3. The lowest BCUT2D eigenvalue weighted by atomic mass is 10.1. The molecule has 2 atom stereocenters. The third-order valence-corrected chi connectivity index (χ3v) is 5.57. The zero-order chi connectivity index (χ0) is 18.9. The van der Waals surface area contributed by atoms with Gasteiger partial charge in [-0.3, -0.25) is 4.79 Å². The van der Waals surface area contributed by atoms with Crippen LogP contribution >= 0.6 is 11.3 Å². The van der Waals surface area contributed by atoms with Crippen LogP contribution in [0.2, 0.25) is 0 Å². The Hall–Kier alpha value is -2.06. The van der Waals surface area contributed by atoms with E-state index in [1.807, 2.05) is 11.8 Å². The Balaban J connectivity index is 1.72. The van der Waals surface area contributed by atoms with Crippen LogP contribution in [0.3, 0.4) is 0 Å². The monoisotopic (exact) mass is 384 g/mol. The molecule has 1 aliphatic rings. The number of amides is 1. The van der Waals surface area contributed by atoms with Crippen LogP contribution in [0.25, 0.3) is 10.4 Å². The Morgan fingerprint density at radius 3 is 2.54 bits per heavy atom. The summed E-state index contributed by atoms with van der Waals surface area (Å²) in [5.41, 5.74) is 6.45. The van der Waals surface area contributed by atoms with Gasteiger partial charge in [0.15, 0.2) is 0 Å². The Morgan fingerprint density at radius 1 is 1.27 bits per heavy atom. The van der Waals surface area contributed by atoms with Gasteiger partial charge in [-0.1, -0.05) is 0 Å². The number of rotatable bonds is 4. The number of likely N-dealkylation sites (tertiary alicyclic amines) is 1. The summed E-state index contributed by atoms with van der Waals surface area (Å²) >= 11 is 1.33. The predicted octanol–water partition coefficient (Wildman–Crippen LogP) is 4.12. The number of benzene rings is 1. The molecule has 0 spiro atoms. The summed E-state index contributed by atoms with van der Waals surface area (Å²) in [4.78, 5) is 16.0. The molecule has 1 aromatic carbocycles. The SMILES string of the molecule is CC1CC(CN)CN1C(=O)c1ccc(-c2ccc(OC(F)(F)F)cc2)s1. The summed E-state index contributed by atoms with van der Waals surface area (Å²) in [5.74, 6) is 0.0316. The Kier molecular flexibility index (Phi) is 5.24. The summed E-state index contributed by atoms with van der Waals surface area (Å²) in [5, 5.41) is 0. The maximum atomic E-state index is 12.7. The maximum absolute atomic E-state index is 12.7. The summed E-state index contributed by atoms with van der Waals surface area (Å²) in [6.07, 6.45) is -3.81. The van der Waals surface area contributed by atoms with Crippen molar-refractivity contribution < 1.29 is 22.7 Å². The molecule has 2 unspecified atom stereocenters. The summed E-state index contributed by atoms with van der Waals surface area (Å²) in [6.45, 7) is 3.24. The highest BCUT2D eigenvalue weighted by Crippen LogP contribution is 2.33. The fraction of sp³-hybridized carbons (Fsp3) is 0.389. The van der Waals surface area contributed by atoms with Crippen LogP contribution < -0.4 is 10.5 Å². The van der Waals surface area contributed by atoms with Crippen molar-refractivity contribution >= 4 is 17.2 Å². The van der Waals surface area contributed by atoms with Gasteiger partial charge in [0, 0.05) is 17.5 Å². The van der Waals surface area contributed by atoms with E-state index in [9.17, 15) is 18.0 Å². The van der Waals surface area contributed by atoms with Gasteiger partial charge >= 0.3 is 6.36 Å². The normalized spacial score (nSPS) is 20.4. The molecule has 0 radical (unpaired) electrons. The van der Waals surface area contributed by atoms with Crippen molar-refractivity contribution in [2.75, 3.05) is 13.1 Å². The number of nitrogens with two attached hydrogens (primary N) is 1. The van der Waals surface area contributed by atoms with Crippen LogP contribution in [0.15, 0.2) is 36.4 Å². The number of nitrogens with zero attached hydrogens (tertiary/aromatic N) is 1. The van der Waals surface area contributed by atoms with Crippen molar-refractivity contribution in [3.8, 4) is 16.2 Å². The number of hydrogen-bond donors (Lipinski definition) is 1. The molecule has 1 aromatic heterocycles. The minimum atomic E-state index is -4.71. The first kappa shape index (κ1) is 18.7. The van der Waals surface area contributed by atoms with Crippen molar-refractivity contribution in [1.82, 2.24) is 4.90 Å². The van der Waals surface area contributed by atoms with E-state index in [-0.39, 0.29) is 17.7 Å². The Labute approximate surface area is 153 Å². The average Bonchev–Trinajstić information content (AvgIpc) is 3.20. The van der Waals surface area contributed by atoms with Crippen molar-refractivity contribution in [2.45, 2.75) is 25.7 Å². The van der Waals surface area contributed by atoms with E-state index < -0.39 is 6.36 Å². The van der Waals surface area contributed by atoms with Crippen LogP contribution in [-0.4, -0.2) is 36.3 Å². The number of ether oxygens (including phenoxy) is 1. The maximum Gasteiger partial charge on any atom is 0.573 e. The van der Waals surface area contributed by atoms with Gasteiger partial charge in [-0.2, -0.15) is 0 Å². The highest BCUT2D eigenvalue weighted by molar-refractivity contribution is 7.17. The van der Waals surface area contributed by atoms with Gasteiger partial charge < -0.3 is 15.4 Å². The molecule has 0 saturated carbocycles. The first-order valence-electron chi connectivity index (χ1n) is 8.24. The fourth-order valence-corrected chi connectivity index (χ4v) is 4.13. The first-order chi connectivity index (χ1) is 12.3. The minimum Gasteiger partial charge on any atom is -0.406 e. The number of carbonyl (C=O) groups excluding carboxylic acids is 1. The van der Waals surface area contributed by atoms with Gasteiger partial charge in [-0.05, 0) is 67.8 Å². The van der Waals surface area contributed by atoms with Crippen LogP contribution in [0.1, 0.15) is 23.0 Å². The van der Waals surface area contributed by atoms with Crippen LogP contribution in [0, 0.1) is 5.92 Å². The number of thiophene rings is 1. The quantitative estimate of drug-likeness (QED) is 0.863. The van der Waals surface area contributed by atoms with Crippen molar-refractivity contribution in [3.05, 3.63) is 41.3 Å². The van der Waals surface area contributed by atoms with E-state index in [4.69, 9.17) is 5.73 Å². The van der Waals surface area contributed by atoms with Gasteiger partial charge in [0.25, 0.3) is 5.91 Å². The summed E-state index contributed by atoms with van der Waals surface area (Å²) < 4.78 is 40.5. The largest absolute Gasteiger partial charge is 0.573 e. The number of hydrogen-bond acceptors (Lipinski definition) is 4. The van der Waals surface area contributed by atoms with E-state index in [0.717, 1.165) is 16.9 Å². The van der Waals surface area contributed by atoms with Gasteiger partial charge in [-0.25, -0.2) is 0 Å². The summed E-state index contributed by atoms with van der Waals surface area (Å²) in [6, 6.07) is 9.33. The third kappa shape index (κ3) is 4.19. The Bertz CT molecular complexity index is 773. The Morgan fingerprint density at radius 2 is 1.96 bits per heavy atom. The first-order valence-corrected chi connectivity index (χ1v) is 9.05. The average molecular weight is 384 g/mol. The smallest absolute Gasteiger partial charge is 0.406 e. The van der Waals surface area contributed by atoms with Crippen molar-refractivity contribution in [3.63, 3.8) is 0 Å². The van der Waals surface area contributed by atoms with E-state index >= 15 is 0 Å². The van der Waals surface area contributed by atoms with Crippen LogP contribution in [0.5, 0.6) is 5.75 Å². The third-order valence-electron chi connectivity index (χ3n) is 4.44. The molecule has 26 heavy (non-hydrogen) atoms. The van der Waals surface area contributed by atoms with Gasteiger partial charge in [0.1, 0.15) is 5.75 Å². The highest BCUT2D eigenvalue weighted by Gasteiger charge is 2.33. The van der Waals surface area contributed by atoms with Gasteiger partial charge in [-0.15, -0.1) is 24.5 Å². The predicted molar refractivity (Wildman–Crippen MR) is 94.1 cm³/mol. The molecule has 2 heterocycles. The van der Waals surface area contributed by atoms with Crippen molar-refractivity contribution in [1.29, 1.82) is 0 Å². The zero-order valence-electron chi connectivity index (χ0n) is 14.1. The van der Waals surface area contributed by atoms with Crippen LogP contribution in [0.4, 0.5) is 13.2 Å². The van der Waals surface area contributed by atoms with Gasteiger partial charge in [0.05, 0.1) is 4.88 Å². The molecular weight excluding hydrogens is 365 g/mol. The van der Waals surface area contributed by atoms with E-state index in [1.54, 1.807) is 24.3 Å². The number of carbonyl (C=O) groups is 1. The lowest BCUT2D eigenvalue weighted by Crippen LogP contribution is -2.33. The second kappa shape index (κ2) is 7.28. The molecule has 8 heteroatoms. The van der Waals surface area contributed by atoms with Crippen LogP contribution in [-0.2, 0) is 0 Å². The molecule has 0 aliphatic carbocycles. The molecule has 140 valence electrons.